The van der Waals surface area contributed by atoms with Gasteiger partial charge in [0.1, 0.15) is 0 Å². The van der Waals surface area contributed by atoms with Gasteiger partial charge in [-0.1, -0.05) is 34.1 Å². The Bertz CT molecular complexity index is 871. The zero-order valence-corrected chi connectivity index (χ0v) is 15.3. The standard InChI is InChI=1S/C18H17BrO4S/c19-17-13-10-14(17)12-15(18(17)22-6-7-23-18)11(13)16(10,12)8-24(20,21)9-4-2-1-3-5-9/h1-5,10-15H,6-8H2/t10?,11-,12+,13-,14-,15?,16?,17?/m1/s1. The third-order valence-corrected chi connectivity index (χ3v) is 11.9. The van der Waals surface area contributed by atoms with E-state index in [-0.39, 0.29) is 9.74 Å². The molecule has 1 heterocycles. The van der Waals surface area contributed by atoms with Crippen molar-refractivity contribution in [2.24, 2.45) is 40.9 Å². The van der Waals surface area contributed by atoms with E-state index >= 15 is 0 Å². The Morgan fingerprint density at radius 1 is 0.958 bits per heavy atom. The van der Waals surface area contributed by atoms with Gasteiger partial charge >= 0.3 is 0 Å². The molecule has 1 aromatic carbocycles. The van der Waals surface area contributed by atoms with Crippen LogP contribution in [0.15, 0.2) is 35.2 Å². The molecule has 4 nitrogen and oxygen atoms in total. The molecule has 4 unspecified atom stereocenters. The smallest absolute Gasteiger partial charge is 0.187 e. The fourth-order valence-electron chi connectivity index (χ4n) is 8.17. The van der Waals surface area contributed by atoms with Crippen LogP contribution in [0, 0.1) is 40.9 Å². The first-order valence-corrected chi connectivity index (χ1v) is 11.2. The first kappa shape index (κ1) is 13.7. The number of hydrogen-bond acceptors (Lipinski definition) is 4. The van der Waals surface area contributed by atoms with E-state index in [0.29, 0.717) is 59.4 Å². The van der Waals surface area contributed by atoms with Crippen LogP contribution in [0.3, 0.4) is 0 Å². The second-order valence-electron chi connectivity index (χ2n) is 8.47. The van der Waals surface area contributed by atoms with E-state index in [0.717, 1.165) is 0 Å². The number of hydrogen-bond donors (Lipinski definition) is 0. The third kappa shape index (κ3) is 0.959. The second kappa shape index (κ2) is 3.53. The molecule has 7 aliphatic rings. The van der Waals surface area contributed by atoms with Gasteiger partial charge in [-0.05, 0) is 47.1 Å². The van der Waals surface area contributed by atoms with Gasteiger partial charge < -0.3 is 9.47 Å². The summed E-state index contributed by atoms with van der Waals surface area (Å²) in [6.45, 7) is 1.34. The predicted octanol–water partition coefficient (Wildman–Crippen LogP) is 2.09. The highest BCUT2D eigenvalue weighted by atomic mass is 79.9. The zero-order valence-electron chi connectivity index (χ0n) is 12.9. The minimum Gasteiger partial charge on any atom is -0.346 e. The van der Waals surface area contributed by atoms with Crippen molar-refractivity contribution < 1.29 is 17.9 Å². The van der Waals surface area contributed by atoms with Crippen LogP contribution in [-0.4, -0.2) is 37.5 Å². The summed E-state index contributed by atoms with van der Waals surface area (Å²) >= 11 is 4.02. The van der Waals surface area contributed by atoms with Crippen molar-refractivity contribution in [2.75, 3.05) is 19.0 Å². The molecular formula is C18H17BrO4S. The number of sulfone groups is 1. The summed E-state index contributed by atoms with van der Waals surface area (Å²) in [4.78, 5) is 0.467. The topological polar surface area (TPSA) is 52.6 Å². The normalized spacial score (nSPS) is 56.2. The average Bonchev–Trinajstić information content (AvgIpc) is 3.12. The van der Waals surface area contributed by atoms with Gasteiger partial charge in [0.2, 0.25) is 0 Å². The van der Waals surface area contributed by atoms with Crippen molar-refractivity contribution in [3.05, 3.63) is 30.3 Å². The minimum atomic E-state index is -3.22. The van der Waals surface area contributed by atoms with Crippen molar-refractivity contribution in [1.82, 2.24) is 0 Å². The lowest BCUT2D eigenvalue weighted by atomic mass is 9.13. The lowest BCUT2D eigenvalue weighted by molar-refractivity contribution is -0.429. The molecule has 0 aromatic heterocycles. The molecule has 8 atom stereocenters. The molecule has 8 rings (SSSR count). The molecule has 0 radical (unpaired) electrons. The summed E-state index contributed by atoms with van der Waals surface area (Å²) in [6, 6.07) is 8.92. The molecule has 6 heteroatoms. The number of ether oxygens (including phenoxy) is 2. The first-order chi connectivity index (χ1) is 11.5. The SMILES string of the molecule is O=S(=O)(CC12C3[C@@H]4[C@H]1C1[C@H]2[C@@H]3C4(Br)C12OCCO2)c1ccccc1. The molecule has 7 fully saturated rings. The third-order valence-electron chi connectivity index (χ3n) is 8.38. The van der Waals surface area contributed by atoms with E-state index in [1.54, 1.807) is 24.3 Å². The summed E-state index contributed by atoms with van der Waals surface area (Å²) in [5, 5.41) is 0. The number of alkyl halides is 1. The molecule has 0 amide bonds. The molecule has 1 spiro atoms. The van der Waals surface area contributed by atoms with Crippen molar-refractivity contribution >= 4 is 25.8 Å². The molecule has 1 saturated heterocycles. The fourth-order valence-corrected chi connectivity index (χ4v) is 11.8. The summed E-state index contributed by atoms with van der Waals surface area (Å²) in [5.74, 6) is 2.88. The maximum atomic E-state index is 12.9. The Labute approximate surface area is 148 Å². The van der Waals surface area contributed by atoms with Gasteiger partial charge in [0, 0.05) is 5.92 Å². The zero-order chi connectivity index (χ0) is 16.1. The van der Waals surface area contributed by atoms with E-state index < -0.39 is 15.6 Å². The Kier molecular flexibility index (Phi) is 2.02. The molecule has 1 aliphatic heterocycles. The van der Waals surface area contributed by atoms with E-state index in [1.165, 1.54) is 0 Å². The van der Waals surface area contributed by atoms with E-state index in [2.05, 4.69) is 15.9 Å². The molecule has 2 bridgehead atoms. The quantitative estimate of drug-likeness (QED) is 0.718. The lowest BCUT2D eigenvalue weighted by Gasteiger charge is -2.91. The second-order valence-corrected chi connectivity index (χ2v) is 11.8. The number of halogens is 1. The predicted molar refractivity (Wildman–Crippen MR) is 88.2 cm³/mol. The molecule has 126 valence electrons. The van der Waals surface area contributed by atoms with Crippen LogP contribution in [0.25, 0.3) is 0 Å². The van der Waals surface area contributed by atoms with E-state index in [1.807, 2.05) is 6.07 Å². The maximum Gasteiger partial charge on any atom is 0.187 e. The molecular weight excluding hydrogens is 392 g/mol. The molecule has 1 aromatic rings. The van der Waals surface area contributed by atoms with Gasteiger partial charge in [-0.15, -0.1) is 0 Å². The number of rotatable bonds is 3. The van der Waals surface area contributed by atoms with Crippen molar-refractivity contribution in [3.63, 3.8) is 0 Å². The molecule has 0 N–H and O–H groups in total. The molecule has 6 aliphatic carbocycles. The van der Waals surface area contributed by atoms with Gasteiger partial charge in [-0.2, -0.15) is 0 Å². The van der Waals surface area contributed by atoms with Crippen molar-refractivity contribution in [3.8, 4) is 0 Å². The molecule has 6 saturated carbocycles. The van der Waals surface area contributed by atoms with Crippen LogP contribution in [0.1, 0.15) is 0 Å². The Morgan fingerprint density at radius 2 is 1.54 bits per heavy atom. The monoisotopic (exact) mass is 408 g/mol. The highest BCUT2D eigenvalue weighted by Gasteiger charge is 3.08. The Hall–Kier alpha value is -0.430. The molecule has 24 heavy (non-hydrogen) atoms. The first-order valence-electron chi connectivity index (χ1n) is 8.75. The number of benzene rings is 1. The van der Waals surface area contributed by atoms with Crippen LogP contribution < -0.4 is 0 Å². The van der Waals surface area contributed by atoms with Gasteiger partial charge in [0.15, 0.2) is 15.6 Å². The highest BCUT2D eigenvalue weighted by molar-refractivity contribution is 9.10. The minimum absolute atomic E-state index is 0.0186. The largest absolute Gasteiger partial charge is 0.346 e. The van der Waals surface area contributed by atoms with Crippen LogP contribution in [-0.2, 0) is 19.3 Å². The summed E-state index contributed by atoms with van der Waals surface area (Å²) < 4.78 is 38.2. The Morgan fingerprint density at radius 3 is 2.17 bits per heavy atom. The van der Waals surface area contributed by atoms with E-state index in [9.17, 15) is 8.42 Å². The summed E-state index contributed by atoms with van der Waals surface area (Å²) in [5.41, 5.74) is 0.0186. The average molecular weight is 409 g/mol. The fraction of sp³-hybridized carbons (Fsp3) is 0.667. The summed E-state index contributed by atoms with van der Waals surface area (Å²) in [7, 11) is -3.22. The van der Waals surface area contributed by atoms with Crippen LogP contribution >= 0.6 is 15.9 Å². The maximum absolute atomic E-state index is 12.9. The highest BCUT2D eigenvalue weighted by Crippen LogP contribution is 3.04. The van der Waals surface area contributed by atoms with E-state index in [4.69, 9.17) is 9.47 Å². The van der Waals surface area contributed by atoms with Gasteiger partial charge in [0.05, 0.1) is 28.2 Å². The van der Waals surface area contributed by atoms with Crippen LogP contribution in [0.5, 0.6) is 0 Å². The van der Waals surface area contributed by atoms with Gasteiger partial charge in [0.25, 0.3) is 0 Å². The van der Waals surface area contributed by atoms with Gasteiger partial charge in [-0.3, -0.25) is 0 Å². The Balaban J connectivity index is 1.28. The van der Waals surface area contributed by atoms with Crippen LogP contribution in [0.4, 0.5) is 0 Å². The summed E-state index contributed by atoms with van der Waals surface area (Å²) in [6.07, 6.45) is 0. The van der Waals surface area contributed by atoms with Crippen molar-refractivity contribution in [1.29, 1.82) is 0 Å². The van der Waals surface area contributed by atoms with Crippen molar-refractivity contribution in [2.45, 2.75) is 15.0 Å². The van der Waals surface area contributed by atoms with Gasteiger partial charge in [-0.25, -0.2) is 8.42 Å². The lowest BCUT2D eigenvalue weighted by Crippen LogP contribution is -2.93. The van der Waals surface area contributed by atoms with Crippen LogP contribution in [0.2, 0.25) is 0 Å².